The summed E-state index contributed by atoms with van der Waals surface area (Å²) in [6.07, 6.45) is -4.77. The van der Waals surface area contributed by atoms with E-state index in [1.807, 2.05) is 0 Å². The molecule has 0 saturated heterocycles. The van der Waals surface area contributed by atoms with Crippen molar-refractivity contribution in [3.8, 4) is 0 Å². The summed E-state index contributed by atoms with van der Waals surface area (Å²) < 4.78 is 73.6. The van der Waals surface area contributed by atoms with Gasteiger partial charge in [-0.3, -0.25) is 5.73 Å². The van der Waals surface area contributed by atoms with E-state index in [-0.39, 0.29) is 6.07 Å². The minimum Gasteiger partial charge on any atom is -0.268 e. The normalized spacial score (nSPS) is 13.0. The Labute approximate surface area is 80.5 Å². The van der Waals surface area contributed by atoms with Crippen molar-refractivity contribution in [3.63, 3.8) is 0 Å². The molecule has 0 radical (unpaired) electrons. The monoisotopic (exact) mass is 229 g/mol. The van der Waals surface area contributed by atoms with Gasteiger partial charge in [0.15, 0.2) is 0 Å². The molecular formula is C8H5F6N. The molecule has 0 heterocycles. The zero-order valence-corrected chi connectivity index (χ0v) is 7.08. The third kappa shape index (κ3) is 2.62. The van der Waals surface area contributed by atoms with E-state index in [1.165, 1.54) is 0 Å². The van der Waals surface area contributed by atoms with Crippen LogP contribution in [0, 0.1) is 5.82 Å². The maximum absolute atomic E-state index is 12.8. The van der Waals surface area contributed by atoms with E-state index in [2.05, 4.69) is 5.73 Å². The van der Waals surface area contributed by atoms with Crippen molar-refractivity contribution in [2.45, 2.75) is 12.2 Å². The Morgan fingerprint density at radius 1 is 1.00 bits per heavy atom. The molecule has 15 heavy (non-hydrogen) atoms. The molecule has 0 aliphatic carbocycles. The Morgan fingerprint density at radius 3 is 1.87 bits per heavy atom. The zero-order chi connectivity index (χ0) is 11.9. The molecule has 1 aromatic rings. The molecule has 7 heteroatoms. The van der Waals surface area contributed by atoms with Crippen molar-refractivity contribution in [2.75, 3.05) is 0 Å². The topological polar surface area (TPSA) is 26.0 Å². The lowest BCUT2D eigenvalue weighted by Crippen LogP contribution is -2.26. The lowest BCUT2D eigenvalue weighted by Gasteiger charge is -2.13. The molecule has 0 bridgehead atoms. The quantitative estimate of drug-likeness (QED) is 0.581. The Kier molecular flexibility index (Phi) is 2.69. The van der Waals surface area contributed by atoms with Gasteiger partial charge in [0, 0.05) is 0 Å². The summed E-state index contributed by atoms with van der Waals surface area (Å²) in [5.41, 5.74) is 1.65. The molecule has 0 aliphatic heterocycles. The first-order chi connectivity index (χ1) is 6.62. The summed E-state index contributed by atoms with van der Waals surface area (Å²) in [5, 5.41) is 0. The largest absolute Gasteiger partial charge is 0.416 e. The standard InChI is InChI=1S/C8H5F6N/c9-6-3-4(7(10,11)12)1-2-5(6)8(13,14)15/h1-3H,15H2. The van der Waals surface area contributed by atoms with E-state index in [1.54, 1.807) is 0 Å². The third-order valence-corrected chi connectivity index (χ3v) is 1.66. The second-order valence-electron chi connectivity index (χ2n) is 2.82. The van der Waals surface area contributed by atoms with Crippen LogP contribution in [0.15, 0.2) is 18.2 Å². The summed E-state index contributed by atoms with van der Waals surface area (Å²) in [5.74, 6) is -1.68. The predicted octanol–water partition coefficient (Wildman–Crippen LogP) is 2.85. The van der Waals surface area contributed by atoms with Gasteiger partial charge in [-0.05, 0) is 18.2 Å². The summed E-state index contributed by atoms with van der Waals surface area (Å²) in [4.78, 5) is 0. The minimum absolute atomic E-state index is 0.0178. The lowest BCUT2D eigenvalue weighted by molar-refractivity contribution is -0.137. The minimum atomic E-state index is -4.77. The van der Waals surface area contributed by atoms with Crippen LogP contribution in [0.3, 0.4) is 0 Å². The summed E-state index contributed by atoms with van der Waals surface area (Å²) in [6.45, 7) is 0. The molecule has 0 aromatic heterocycles. The van der Waals surface area contributed by atoms with Gasteiger partial charge in [0.25, 0.3) is 0 Å². The summed E-state index contributed by atoms with van der Waals surface area (Å²) in [7, 11) is 0. The smallest absolute Gasteiger partial charge is 0.268 e. The maximum atomic E-state index is 12.8. The Hall–Kier alpha value is -1.24. The molecule has 2 N–H and O–H groups in total. The van der Waals surface area contributed by atoms with Crippen LogP contribution >= 0.6 is 0 Å². The van der Waals surface area contributed by atoms with Crippen molar-refractivity contribution in [1.29, 1.82) is 0 Å². The van der Waals surface area contributed by atoms with Crippen LogP contribution in [-0.4, -0.2) is 0 Å². The molecule has 0 unspecified atom stereocenters. The highest BCUT2D eigenvalue weighted by Crippen LogP contribution is 2.32. The Balaban J connectivity index is 3.21. The van der Waals surface area contributed by atoms with Crippen LogP contribution in [0.2, 0.25) is 0 Å². The van der Waals surface area contributed by atoms with Crippen molar-refractivity contribution < 1.29 is 26.3 Å². The molecule has 0 amide bonds. The van der Waals surface area contributed by atoms with Crippen LogP contribution in [0.1, 0.15) is 11.1 Å². The van der Waals surface area contributed by atoms with Crippen molar-refractivity contribution in [2.24, 2.45) is 5.73 Å². The predicted molar refractivity (Wildman–Crippen MR) is 39.5 cm³/mol. The fourth-order valence-electron chi connectivity index (χ4n) is 0.962. The third-order valence-electron chi connectivity index (χ3n) is 1.66. The average molecular weight is 229 g/mol. The highest BCUT2D eigenvalue weighted by atomic mass is 19.4. The lowest BCUT2D eigenvalue weighted by atomic mass is 10.1. The first kappa shape index (κ1) is 11.8. The highest BCUT2D eigenvalue weighted by Gasteiger charge is 2.34. The molecule has 1 aromatic carbocycles. The van der Waals surface area contributed by atoms with Gasteiger partial charge in [0.05, 0.1) is 11.1 Å². The number of hydrogen-bond donors (Lipinski definition) is 1. The molecule has 0 saturated carbocycles. The second kappa shape index (κ2) is 3.41. The van der Waals surface area contributed by atoms with E-state index in [4.69, 9.17) is 0 Å². The maximum Gasteiger partial charge on any atom is 0.416 e. The van der Waals surface area contributed by atoms with Crippen LogP contribution < -0.4 is 5.73 Å². The number of hydrogen-bond acceptors (Lipinski definition) is 1. The number of halogens is 6. The molecule has 0 aliphatic rings. The molecule has 0 atom stereocenters. The first-order valence-corrected chi connectivity index (χ1v) is 3.66. The molecule has 84 valence electrons. The van der Waals surface area contributed by atoms with Crippen LogP contribution in [-0.2, 0) is 12.2 Å². The molecule has 1 nitrogen and oxygen atoms in total. The van der Waals surface area contributed by atoms with Gasteiger partial charge in [0.2, 0.25) is 0 Å². The molecule has 0 fully saturated rings. The Bertz CT molecular complexity index is 364. The van der Waals surface area contributed by atoms with Gasteiger partial charge >= 0.3 is 12.2 Å². The van der Waals surface area contributed by atoms with Gasteiger partial charge in [-0.25, -0.2) is 4.39 Å². The van der Waals surface area contributed by atoms with Gasteiger partial charge < -0.3 is 0 Å². The average Bonchev–Trinajstić information content (AvgIpc) is 1.99. The zero-order valence-electron chi connectivity index (χ0n) is 7.08. The molecule has 1 rings (SSSR count). The van der Waals surface area contributed by atoms with Gasteiger partial charge in [-0.2, -0.15) is 22.0 Å². The van der Waals surface area contributed by atoms with Gasteiger partial charge in [0.1, 0.15) is 5.82 Å². The fraction of sp³-hybridized carbons (Fsp3) is 0.250. The molecule has 0 spiro atoms. The van der Waals surface area contributed by atoms with E-state index in [9.17, 15) is 26.3 Å². The summed E-state index contributed by atoms with van der Waals surface area (Å²) in [6, 6.07) is -3.35. The van der Waals surface area contributed by atoms with E-state index in [0.29, 0.717) is 12.1 Å². The number of nitrogens with two attached hydrogens (primary N) is 1. The van der Waals surface area contributed by atoms with E-state index in [0.717, 1.165) is 0 Å². The SMILES string of the molecule is NC(F)(F)c1ccc(C(F)(F)F)cc1F. The summed E-state index contributed by atoms with van der Waals surface area (Å²) >= 11 is 0. The van der Waals surface area contributed by atoms with Crippen LogP contribution in [0.5, 0.6) is 0 Å². The van der Waals surface area contributed by atoms with Crippen molar-refractivity contribution >= 4 is 0 Å². The second-order valence-corrected chi connectivity index (χ2v) is 2.82. The Morgan fingerprint density at radius 2 is 1.53 bits per heavy atom. The van der Waals surface area contributed by atoms with Crippen molar-refractivity contribution in [1.82, 2.24) is 0 Å². The van der Waals surface area contributed by atoms with Gasteiger partial charge in [-0.1, -0.05) is 0 Å². The number of benzene rings is 1. The fourth-order valence-corrected chi connectivity index (χ4v) is 0.962. The van der Waals surface area contributed by atoms with Gasteiger partial charge in [-0.15, -0.1) is 0 Å². The van der Waals surface area contributed by atoms with E-state index < -0.39 is 29.2 Å². The number of alkyl halides is 5. The van der Waals surface area contributed by atoms with Crippen LogP contribution in [0.25, 0.3) is 0 Å². The van der Waals surface area contributed by atoms with Crippen molar-refractivity contribution in [3.05, 3.63) is 35.1 Å². The highest BCUT2D eigenvalue weighted by molar-refractivity contribution is 5.28. The number of rotatable bonds is 1. The first-order valence-electron chi connectivity index (χ1n) is 3.66. The molecular weight excluding hydrogens is 224 g/mol. The van der Waals surface area contributed by atoms with Crippen LogP contribution in [0.4, 0.5) is 26.3 Å². The van der Waals surface area contributed by atoms with E-state index >= 15 is 0 Å².